The Labute approximate surface area is 75.2 Å². The molecule has 50 valence electrons. The van der Waals surface area contributed by atoms with Gasteiger partial charge in [0.1, 0.15) is 0 Å². The molecule has 0 atom stereocenters. The van der Waals surface area contributed by atoms with Gasteiger partial charge in [-0.25, -0.2) is 0 Å². The fourth-order valence-electron chi connectivity index (χ4n) is 0. The van der Waals surface area contributed by atoms with Gasteiger partial charge in [-0.1, -0.05) is 0 Å². The molecule has 7 heteroatoms. The van der Waals surface area contributed by atoms with Crippen molar-refractivity contribution in [3.8, 4) is 0 Å². The first-order valence-electron chi connectivity index (χ1n) is 0.500. The van der Waals surface area contributed by atoms with E-state index in [2.05, 4.69) is 0 Å². The first kappa shape index (κ1) is 23.6. The molecule has 0 aromatic carbocycles. The normalized spacial score (nSPS) is 5.00. The maximum atomic E-state index is 8.44. The van der Waals surface area contributed by atoms with Crippen molar-refractivity contribution in [3.05, 3.63) is 0 Å². The van der Waals surface area contributed by atoms with Gasteiger partial charge in [-0.3, -0.25) is 4.21 Å². The van der Waals surface area contributed by atoms with Crippen LogP contribution in [-0.2, 0) is 56.1 Å². The molecule has 4 nitrogen and oxygen atoms in total. The van der Waals surface area contributed by atoms with Crippen molar-refractivity contribution in [2.24, 2.45) is 0 Å². The molecule has 0 aliphatic heterocycles. The van der Waals surface area contributed by atoms with Crippen molar-refractivity contribution >= 4 is 11.4 Å². The summed E-state index contributed by atoms with van der Waals surface area (Å²) in [5, 5.41) is 0. The van der Waals surface area contributed by atoms with E-state index in [1.54, 1.807) is 0 Å². The molecule has 0 spiro atoms. The standard InChI is InChI=1S/2Au.H3N.H2O3S/c;;;1-4(2)3/h;;1H3;(H2,1,2,3)/q2*+3;;/p-2. The summed E-state index contributed by atoms with van der Waals surface area (Å²) in [4.78, 5) is 0. The van der Waals surface area contributed by atoms with Gasteiger partial charge in [0.25, 0.3) is 0 Å². The van der Waals surface area contributed by atoms with E-state index in [9.17, 15) is 0 Å². The summed E-state index contributed by atoms with van der Waals surface area (Å²) in [7, 11) is 0. The third-order valence-corrected chi connectivity index (χ3v) is 0. The van der Waals surface area contributed by atoms with Crippen LogP contribution in [-0.4, -0.2) is 13.3 Å². The van der Waals surface area contributed by atoms with Crippen molar-refractivity contribution < 1.29 is 58.1 Å². The molecule has 0 bridgehead atoms. The molecule has 0 rings (SSSR count). The second kappa shape index (κ2) is 15.6. The molecule has 3 N–H and O–H groups in total. The summed E-state index contributed by atoms with van der Waals surface area (Å²) in [5.74, 6) is 0. The SMILES string of the molecule is N.O=S([O-])[O-].[Au+3].[Au+3]. The zero-order chi connectivity index (χ0) is 3.58. The molecule has 0 amide bonds. The Balaban J connectivity index is -0.0000000150. The molecule has 0 saturated heterocycles. The van der Waals surface area contributed by atoms with Gasteiger partial charge in [-0.05, 0) is 0 Å². The maximum Gasteiger partial charge on any atom is 3.00 e. The summed E-state index contributed by atoms with van der Waals surface area (Å²) in [5.41, 5.74) is 0. The summed E-state index contributed by atoms with van der Waals surface area (Å²) < 4.78 is 25.3. The maximum absolute atomic E-state index is 8.44. The second-order valence-electron chi connectivity index (χ2n) is 0.204. The average Bonchev–Trinajstić information content (AvgIpc) is 0.811. The van der Waals surface area contributed by atoms with Gasteiger partial charge in [-0.15, -0.1) is 11.4 Å². The molecule has 0 aliphatic rings. The minimum atomic E-state index is -3.11. The Bertz CT molecular complexity index is 35.9. The first-order chi connectivity index (χ1) is 1.73. The van der Waals surface area contributed by atoms with Crippen LogP contribution in [0.15, 0.2) is 0 Å². The van der Waals surface area contributed by atoms with Crippen LogP contribution in [0.1, 0.15) is 0 Å². The quantitative estimate of drug-likeness (QED) is 0.353. The first-order valence-corrected chi connectivity index (χ1v) is 1.50. The molecule has 0 aromatic rings. The molecule has 0 heterocycles. The van der Waals surface area contributed by atoms with Gasteiger partial charge in [0, 0.05) is 0 Å². The molecule has 0 fully saturated rings. The average molecular weight is 491 g/mol. The third-order valence-electron chi connectivity index (χ3n) is 0. The number of rotatable bonds is 0. The third kappa shape index (κ3) is 100.0. The Kier molecular flexibility index (Phi) is 52.7. The van der Waals surface area contributed by atoms with E-state index < -0.39 is 11.4 Å². The van der Waals surface area contributed by atoms with Gasteiger partial charge in [0.15, 0.2) is 0 Å². The molecular weight excluding hydrogens is 488 g/mol. The smallest absolute Gasteiger partial charge is 0.784 e. The molecule has 0 radical (unpaired) electrons. The summed E-state index contributed by atoms with van der Waals surface area (Å²) in [6.45, 7) is 0. The van der Waals surface area contributed by atoms with Crippen LogP contribution in [0.25, 0.3) is 0 Å². The van der Waals surface area contributed by atoms with Crippen molar-refractivity contribution in [2.75, 3.05) is 0 Å². The van der Waals surface area contributed by atoms with Crippen LogP contribution < -0.4 is 6.15 Å². The Morgan fingerprint density at radius 2 is 1.14 bits per heavy atom. The van der Waals surface area contributed by atoms with Crippen LogP contribution in [0.5, 0.6) is 0 Å². The molecule has 0 aromatic heterocycles. The Morgan fingerprint density at radius 1 is 1.14 bits per heavy atom. The van der Waals surface area contributed by atoms with Gasteiger partial charge in [0.05, 0.1) is 0 Å². The summed E-state index contributed by atoms with van der Waals surface area (Å²) in [6.07, 6.45) is 0. The molecule has 7 heavy (non-hydrogen) atoms. The predicted octanol–water partition coefficient (Wildman–Crippen LogP) is -0.847. The largest absolute Gasteiger partial charge is 3.00 e. The van der Waals surface area contributed by atoms with Crippen LogP contribution >= 0.6 is 0 Å². The topological polar surface area (TPSA) is 98.2 Å². The van der Waals surface area contributed by atoms with Gasteiger partial charge < -0.3 is 15.3 Å². The van der Waals surface area contributed by atoms with E-state index in [-0.39, 0.29) is 50.9 Å². The van der Waals surface area contributed by atoms with E-state index in [4.69, 9.17) is 13.3 Å². The van der Waals surface area contributed by atoms with Gasteiger partial charge in [0.2, 0.25) is 0 Å². The zero-order valence-corrected chi connectivity index (χ0v) is 8.09. The van der Waals surface area contributed by atoms with Crippen molar-refractivity contribution in [1.29, 1.82) is 0 Å². The van der Waals surface area contributed by atoms with Crippen LogP contribution in [0.4, 0.5) is 0 Å². The minimum absolute atomic E-state index is 0. The molecule has 0 aliphatic carbocycles. The van der Waals surface area contributed by atoms with Crippen molar-refractivity contribution in [1.82, 2.24) is 6.15 Å². The summed E-state index contributed by atoms with van der Waals surface area (Å²) >= 11 is -3.11. The van der Waals surface area contributed by atoms with Crippen molar-refractivity contribution in [2.45, 2.75) is 0 Å². The van der Waals surface area contributed by atoms with Crippen molar-refractivity contribution in [3.63, 3.8) is 0 Å². The van der Waals surface area contributed by atoms with E-state index in [0.717, 1.165) is 0 Å². The Hall–Kier alpha value is 1.51. The van der Waals surface area contributed by atoms with E-state index in [0.29, 0.717) is 0 Å². The zero-order valence-electron chi connectivity index (χ0n) is 2.94. The molecule has 0 unspecified atom stereocenters. The monoisotopic (exact) mass is 491 g/mol. The van der Waals surface area contributed by atoms with E-state index in [1.165, 1.54) is 0 Å². The van der Waals surface area contributed by atoms with Crippen LogP contribution in [0.2, 0.25) is 0 Å². The number of hydrogen-bond acceptors (Lipinski definition) is 4. The Morgan fingerprint density at radius 3 is 1.14 bits per heavy atom. The fraction of sp³-hybridized carbons (Fsp3) is 0. The van der Waals surface area contributed by atoms with Gasteiger partial charge in [-0.2, -0.15) is 0 Å². The van der Waals surface area contributed by atoms with Crippen LogP contribution in [0.3, 0.4) is 0 Å². The molecule has 0 saturated carbocycles. The fourth-order valence-corrected chi connectivity index (χ4v) is 0. The second-order valence-corrected chi connectivity index (χ2v) is 0.612. The predicted molar refractivity (Wildman–Crippen MR) is 14.7 cm³/mol. The minimum Gasteiger partial charge on any atom is -0.784 e. The van der Waals surface area contributed by atoms with E-state index in [1.807, 2.05) is 0 Å². The van der Waals surface area contributed by atoms with Gasteiger partial charge >= 0.3 is 44.8 Å². The molecular formula is H3Au2NO3S+4. The summed E-state index contributed by atoms with van der Waals surface area (Å²) in [6, 6.07) is 0. The van der Waals surface area contributed by atoms with Crippen LogP contribution in [0, 0.1) is 0 Å². The number of hydrogen-bond donors (Lipinski definition) is 1. The van der Waals surface area contributed by atoms with E-state index >= 15 is 0 Å².